The number of nitrogens with one attached hydrogen (secondary N) is 1. The molecule has 3 fully saturated rings. The summed E-state index contributed by atoms with van der Waals surface area (Å²) in [5.74, 6) is 0.191. The Bertz CT molecular complexity index is 1030. The first-order valence-corrected chi connectivity index (χ1v) is 15.4. The fourth-order valence-electron chi connectivity index (χ4n) is 5.45. The van der Waals surface area contributed by atoms with Gasteiger partial charge in [0.25, 0.3) is 0 Å². The molecule has 1 aliphatic heterocycles. The van der Waals surface area contributed by atoms with E-state index in [4.69, 9.17) is 0 Å². The van der Waals surface area contributed by atoms with Gasteiger partial charge in [0.05, 0.1) is 9.79 Å². The lowest BCUT2D eigenvalue weighted by Crippen LogP contribution is -2.53. The first kappa shape index (κ1) is 24.6. The zero-order chi connectivity index (χ0) is 23.6. The number of sulfonamides is 1. The Balaban J connectivity index is 1.26. The highest BCUT2D eigenvalue weighted by molar-refractivity contribution is 7.90. The normalized spacial score (nSPS) is 25.9. The summed E-state index contributed by atoms with van der Waals surface area (Å²) in [5.41, 5.74) is 0. The molecular formula is C23H35N3O5S2. The Hall–Kier alpha value is -1.49. The van der Waals surface area contributed by atoms with Gasteiger partial charge in [0.1, 0.15) is 0 Å². The molecule has 0 bridgehead atoms. The molecule has 0 unspecified atom stereocenters. The molecule has 1 amide bonds. The monoisotopic (exact) mass is 497 g/mol. The second-order valence-corrected chi connectivity index (χ2v) is 13.4. The maximum absolute atomic E-state index is 13.0. The lowest BCUT2D eigenvalue weighted by molar-refractivity contribution is -0.138. The van der Waals surface area contributed by atoms with Gasteiger partial charge in [-0.15, -0.1) is 0 Å². The molecule has 0 atom stereocenters. The largest absolute Gasteiger partial charge is 0.340 e. The Morgan fingerprint density at radius 2 is 1.36 bits per heavy atom. The molecule has 4 rings (SSSR count). The molecule has 1 aromatic carbocycles. The van der Waals surface area contributed by atoms with Gasteiger partial charge in [-0.1, -0.05) is 12.8 Å². The van der Waals surface area contributed by atoms with Crippen LogP contribution in [-0.4, -0.2) is 77.1 Å². The third-order valence-corrected chi connectivity index (χ3v) is 10.1. The molecule has 1 N–H and O–H groups in total. The van der Waals surface area contributed by atoms with E-state index in [-0.39, 0.29) is 27.7 Å². The molecule has 8 nitrogen and oxygen atoms in total. The van der Waals surface area contributed by atoms with Gasteiger partial charge in [-0.05, 0) is 62.8 Å². The Morgan fingerprint density at radius 1 is 0.818 bits per heavy atom. The van der Waals surface area contributed by atoms with Gasteiger partial charge < -0.3 is 4.90 Å². The maximum atomic E-state index is 13.0. The molecule has 184 valence electrons. The van der Waals surface area contributed by atoms with E-state index >= 15 is 0 Å². The number of piperazine rings is 1. The third kappa shape index (κ3) is 5.96. The quantitative estimate of drug-likeness (QED) is 0.645. The van der Waals surface area contributed by atoms with Gasteiger partial charge in [-0.25, -0.2) is 21.6 Å². The van der Waals surface area contributed by atoms with Crippen LogP contribution in [0.4, 0.5) is 0 Å². The predicted octanol–water partition coefficient (Wildman–Crippen LogP) is 2.01. The van der Waals surface area contributed by atoms with Crippen LogP contribution < -0.4 is 4.72 Å². The minimum atomic E-state index is -3.74. The summed E-state index contributed by atoms with van der Waals surface area (Å²) in [4.78, 5) is 17.7. The van der Waals surface area contributed by atoms with E-state index in [9.17, 15) is 21.6 Å². The topological polar surface area (TPSA) is 104 Å². The molecular weight excluding hydrogens is 462 g/mol. The molecule has 2 saturated carbocycles. The van der Waals surface area contributed by atoms with Gasteiger partial charge in [0, 0.05) is 50.4 Å². The van der Waals surface area contributed by atoms with Crippen LogP contribution in [0.15, 0.2) is 34.1 Å². The molecule has 2 aliphatic carbocycles. The summed E-state index contributed by atoms with van der Waals surface area (Å²) in [5, 5.41) is 0. The van der Waals surface area contributed by atoms with Crippen LogP contribution in [0.5, 0.6) is 0 Å². The molecule has 3 aliphatic rings. The van der Waals surface area contributed by atoms with Gasteiger partial charge >= 0.3 is 0 Å². The van der Waals surface area contributed by atoms with E-state index < -0.39 is 19.9 Å². The number of sulfone groups is 1. The highest BCUT2D eigenvalue weighted by Crippen LogP contribution is 2.29. The van der Waals surface area contributed by atoms with Crippen molar-refractivity contribution in [1.29, 1.82) is 0 Å². The van der Waals surface area contributed by atoms with Crippen LogP contribution in [0.2, 0.25) is 0 Å². The van der Waals surface area contributed by atoms with Crippen molar-refractivity contribution in [1.82, 2.24) is 14.5 Å². The number of rotatable bonds is 6. The number of hydrogen-bond donors (Lipinski definition) is 1. The molecule has 10 heteroatoms. The average Bonchev–Trinajstić information content (AvgIpc) is 3.34. The molecule has 33 heavy (non-hydrogen) atoms. The SMILES string of the molecule is CS(=O)(=O)c1ccc(S(=O)(=O)NC2CCC(C(=O)N3CCN(C4CCCC4)CC3)CC2)cc1. The van der Waals surface area contributed by atoms with Crippen molar-refractivity contribution in [2.45, 2.75) is 73.2 Å². The summed E-state index contributed by atoms with van der Waals surface area (Å²) in [7, 11) is -7.12. The van der Waals surface area contributed by atoms with Crippen molar-refractivity contribution in [3.63, 3.8) is 0 Å². The molecule has 1 heterocycles. The zero-order valence-corrected chi connectivity index (χ0v) is 20.9. The van der Waals surface area contributed by atoms with E-state index in [1.165, 1.54) is 49.9 Å². The Labute approximate surface area is 197 Å². The Kier molecular flexibility index (Phi) is 7.47. The van der Waals surface area contributed by atoms with E-state index in [2.05, 4.69) is 9.62 Å². The summed E-state index contributed by atoms with van der Waals surface area (Å²) in [6.45, 7) is 3.52. The standard InChI is InChI=1S/C23H35N3O5S2/c1-32(28,29)21-10-12-22(13-11-21)33(30,31)24-19-8-6-18(7-9-19)23(27)26-16-14-25(15-17-26)20-4-2-3-5-20/h10-13,18-20,24H,2-9,14-17H2,1H3. The molecule has 0 aromatic heterocycles. The number of benzene rings is 1. The Morgan fingerprint density at radius 3 is 1.91 bits per heavy atom. The van der Waals surface area contributed by atoms with Gasteiger partial charge in [-0.3, -0.25) is 9.69 Å². The lowest BCUT2D eigenvalue weighted by atomic mass is 9.85. The van der Waals surface area contributed by atoms with Crippen LogP contribution in [0.1, 0.15) is 51.4 Å². The lowest BCUT2D eigenvalue weighted by Gasteiger charge is -2.40. The van der Waals surface area contributed by atoms with Crippen LogP contribution in [-0.2, 0) is 24.7 Å². The number of amides is 1. The highest BCUT2D eigenvalue weighted by Gasteiger charge is 2.34. The number of carbonyl (C=O) groups is 1. The average molecular weight is 498 g/mol. The van der Waals surface area contributed by atoms with E-state index in [0.717, 1.165) is 32.4 Å². The second kappa shape index (κ2) is 10.0. The minimum absolute atomic E-state index is 0.0298. The van der Waals surface area contributed by atoms with Crippen molar-refractivity contribution in [3.05, 3.63) is 24.3 Å². The van der Waals surface area contributed by atoms with E-state index in [0.29, 0.717) is 31.7 Å². The van der Waals surface area contributed by atoms with E-state index in [1.54, 1.807) is 0 Å². The van der Waals surface area contributed by atoms with Crippen molar-refractivity contribution in [2.75, 3.05) is 32.4 Å². The molecule has 1 saturated heterocycles. The summed E-state index contributed by atoms with van der Waals surface area (Å²) < 4.78 is 51.4. The predicted molar refractivity (Wildman–Crippen MR) is 126 cm³/mol. The number of carbonyl (C=O) groups excluding carboxylic acids is 1. The third-order valence-electron chi connectivity index (χ3n) is 7.43. The van der Waals surface area contributed by atoms with Crippen LogP contribution >= 0.6 is 0 Å². The van der Waals surface area contributed by atoms with Gasteiger partial charge in [0.2, 0.25) is 15.9 Å². The van der Waals surface area contributed by atoms with Crippen LogP contribution in [0, 0.1) is 5.92 Å². The van der Waals surface area contributed by atoms with Gasteiger partial charge in [-0.2, -0.15) is 0 Å². The van der Waals surface area contributed by atoms with Crippen molar-refractivity contribution in [3.8, 4) is 0 Å². The second-order valence-electron chi connectivity index (χ2n) is 9.71. The van der Waals surface area contributed by atoms with Crippen LogP contribution in [0.3, 0.4) is 0 Å². The van der Waals surface area contributed by atoms with Crippen molar-refractivity contribution >= 4 is 25.8 Å². The summed E-state index contributed by atoms with van der Waals surface area (Å²) in [6, 6.07) is 5.75. The number of nitrogens with zero attached hydrogens (tertiary/aromatic N) is 2. The van der Waals surface area contributed by atoms with Crippen molar-refractivity contribution in [2.24, 2.45) is 5.92 Å². The summed E-state index contributed by atoms with van der Waals surface area (Å²) >= 11 is 0. The smallest absolute Gasteiger partial charge is 0.240 e. The summed E-state index contributed by atoms with van der Waals surface area (Å²) in [6.07, 6.45) is 8.92. The highest BCUT2D eigenvalue weighted by atomic mass is 32.2. The van der Waals surface area contributed by atoms with E-state index in [1.807, 2.05) is 4.90 Å². The number of hydrogen-bond acceptors (Lipinski definition) is 6. The molecule has 1 aromatic rings. The molecule has 0 spiro atoms. The zero-order valence-electron chi connectivity index (χ0n) is 19.3. The van der Waals surface area contributed by atoms with Crippen molar-refractivity contribution < 1.29 is 21.6 Å². The first-order valence-electron chi connectivity index (χ1n) is 12.0. The van der Waals surface area contributed by atoms with Crippen LogP contribution in [0.25, 0.3) is 0 Å². The van der Waals surface area contributed by atoms with Gasteiger partial charge in [0.15, 0.2) is 9.84 Å². The molecule has 0 radical (unpaired) electrons. The first-order chi connectivity index (χ1) is 15.6. The minimum Gasteiger partial charge on any atom is -0.340 e. The maximum Gasteiger partial charge on any atom is 0.240 e. The fraction of sp³-hybridized carbons (Fsp3) is 0.696. The fourth-order valence-corrected chi connectivity index (χ4v) is 7.38.